The van der Waals surface area contributed by atoms with Gasteiger partial charge in [-0.2, -0.15) is 0 Å². The van der Waals surface area contributed by atoms with Crippen LogP contribution in [0.15, 0.2) is 54.6 Å². The Morgan fingerprint density at radius 3 is 2.52 bits per heavy atom. The van der Waals surface area contributed by atoms with E-state index in [1.54, 1.807) is 32.0 Å². The quantitative estimate of drug-likeness (QED) is 0.699. The average Bonchev–Trinajstić information content (AvgIpc) is 2.70. The minimum absolute atomic E-state index is 0.154. The first kappa shape index (κ1) is 18.5. The van der Waals surface area contributed by atoms with Gasteiger partial charge in [-0.25, -0.2) is 4.98 Å². The molecular weight excluding hydrogens is 340 g/mol. The van der Waals surface area contributed by atoms with Crippen LogP contribution in [0.1, 0.15) is 32.7 Å². The second kappa shape index (κ2) is 7.91. The topological polar surface area (TPSA) is 71.5 Å². The Bertz CT molecular complexity index is 969. The highest BCUT2D eigenvalue weighted by molar-refractivity contribution is 6.04. The third kappa shape index (κ3) is 4.26. The molecule has 2 N–H and O–H groups in total. The summed E-state index contributed by atoms with van der Waals surface area (Å²) in [5, 5.41) is 12.8. The number of pyridine rings is 1. The van der Waals surface area contributed by atoms with E-state index in [1.807, 2.05) is 43.3 Å². The van der Waals surface area contributed by atoms with Crippen molar-refractivity contribution in [1.29, 1.82) is 0 Å². The summed E-state index contributed by atoms with van der Waals surface area (Å²) in [4.78, 5) is 16.9. The molecule has 0 spiro atoms. The number of aromatic hydroxyl groups is 1. The van der Waals surface area contributed by atoms with E-state index in [9.17, 15) is 9.90 Å². The molecule has 0 radical (unpaired) electrons. The van der Waals surface area contributed by atoms with Crippen molar-refractivity contribution in [2.45, 2.75) is 27.4 Å². The van der Waals surface area contributed by atoms with Crippen molar-refractivity contribution >= 4 is 11.7 Å². The minimum atomic E-state index is -0.278. The molecule has 0 aliphatic rings. The van der Waals surface area contributed by atoms with Crippen molar-refractivity contribution in [3.05, 3.63) is 82.5 Å². The molecule has 0 unspecified atom stereocenters. The lowest BCUT2D eigenvalue weighted by Crippen LogP contribution is -2.15. The van der Waals surface area contributed by atoms with E-state index in [0.29, 0.717) is 35.0 Å². The maximum absolute atomic E-state index is 12.6. The number of aryl methyl sites for hydroxylation is 1. The number of aromatic nitrogens is 1. The number of benzene rings is 2. The lowest BCUT2D eigenvalue weighted by Gasteiger charge is -2.13. The minimum Gasteiger partial charge on any atom is -0.506 e. The number of carbonyl (C=O) groups excluding carboxylic acids is 1. The van der Waals surface area contributed by atoms with Crippen LogP contribution >= 0.6 is 0 Å². The summed E-state index contributed by atoms with van der Waals surface area (Å²) >= 11 is 0. The highest BCUT2D eigenvalue weighted by Gasteiger charge is 2.14. The summed E-state index contributed by atoms with van der Waals surface area (Å²) in [6.07, 6.45) is 0. The van der Waals surface area contributed by atoms with Gasteiger partial charge >= 0.3 is 0 Å². The van der Waals surface area contributed by atoms with Gasteiger partial charge in [0.25, 0.3) is 5.91 Å². The normalized spacial score (nSPS) is 10.5. The number of nitrogens with one attached hydrogen (secondary N) is 1. The zero-order valence-corrected chi connectivity index (χ0v) is 15.6. The Kier molecular flexibility index (Phi) is 5.41. The van der Waals surface area contributed by atoms with Crippen LogP contribution in [0.4, 0.5) is 5.82 Å². The molecule has 1 aromatic heterocycles. The third-order valence-corrected chi connectivity index (χ3v) is 4.47. The second-order valence-corrected chi connectivity index (χ2v) is 6.40. The van der Waals surface area contributed by atoms with Crippen LogP contribution in [0.5, 0.6) is 11.5 Å². The zero-order valence-electron chi connectivity index (χ0n) is 15.6. The molecule has 0 atom stereocenters. The summed E-state index contributed by atoms with van der Waals surface area (Å²) in [6.45, 7) is 5.75. The predicted octanol–water partition coefficient (Wildman–Crippen LogP) is 4.54. The number of ether oxygens (including phenoxy) is 1. The van der Waals surface area contributed by atoms with Crippen LogP contribution in [0, 0.1) is 20.8 Å². The molecule has 3 rings (SSSR count). The van der Waals surface area contributed by atoms with Crippen molar-refractivity contribution in [2.24, 2.45) is 0 Å². The Labute approximate surface area is 158 Å². The zero-order chi connectivity index (χ0) is 19.4. The van der Waals surface area contributed by atoms with Gasteiger partial charge in [0, 0.05) is 5.56 Å². The van der Waals surface area contributed by atoms with Gasteiger partial charge in [0.05, 0.1) is 5.69 Å². The van der Waals surface area contributed by atoms with Crippen LogP contribution in [0.3, 0.4) is 0 Å². The Morgan fingerprint density at radius 2 is 1.78 bits per heavy atom. The molecule has 0 saturated heterocycles. The smallest absolute Gasteiger partial charge is 0.256 e. The summed E-state index contributed by atoms with van der Waals surface area (Å²) in [5.41, 5.74) is 3.46. The van der Waals surface area contributed by atoms with Crippen molar-refractivity contribution in [3.8, 4) is 11.5 Å². The number of carbonyl (C=O) groups is 1. The number of nitrogens with zero attached hydrogens (tertiary/aromatic N) is 1. The maximum atomic E-state index is 12.6. The van der Waals surface area contributed by atoms with Crippen molar-refractivity contribution in [3.63, 3.8) is 0 Å². The van der Waals surface area contributed by atoms with E-state index in [0.717, 1.165) is 11.1 Å². The number of hydrogen-bond acceptors (Lipinski definition) is 4. The average molecular weight is 362 g/mol. The van der Waals surface area contributed by atoms with Gasteiger partial charge in [0.15, 0.2) is 0 Å². The van der Waals surface area contributed by atoms with Gasteiger partial charge in [0.1, 0.15) is 23.9 Å². The first-order chi connectivity index (χ1) is 13.0. The summed E-state index contributed by atoms with van der Waals surface area (Å²) in [6, 6.07) is 16.9. The summed E-state index contributed by atoms with van der Waals surface area (Å²) < 4.78 is 5.78. The first-order valence-corrected chi connectivity index (χ1v) is 8.70. The molecule has 2 aromatic carbocycles. The molecule has 5 heteroatoms. The van der Waals surface area contributed by atoms with Crippen LogP contribution in [0.2, 0.25) is 0 Å². The lowest BCUT2D eigenvalue weighted by molar-refractivity contribution is 0.102. The number of anilines is 1. The molecule has 0 aliphatic heterocycles. The van der Waals surface area contributed by atoms with Gasteiger partial charge in [-0.05, 0) is 55.7 Å². The highest BCUT2D eigenvalue weighted by Crippen LogP contribution is 2.28. The predicted molar refractivity (Wildman–Crippen MR) is 105 cm³/mol. The number of hydrogen-bond donors (Lipinski definition) is 2. The van der Waals surface area contributed by atoms with E-state index in [1.165, 1.54) is 0 Å². The molecular formula is C22H22N2O3. The Balaban J connectivity index is 1.74. The highest BCUT2D eigenvalue weighted by atomic mass is 16.5. The van der Waals surface area contributed by atoms with E-state index in [2.05, 4.69) is 10.3 Å². The molecule has 27 heavy (non-hydrogen) atoms. The Hall–Kier alpha value is -3.34. The number of rotatable bonds is 5. The third-order valence-electron chi connectivity index (χ3n) is 4.47. The van der Waals surface area contributed by atoms with E-state index < -0.39 is 0 Å². The molecule has 1 amide bonds. The van der Waals surface area contributed by atoms with E-state index >= 15 is 0 Å². The standard InChI is InChI=1S/C22H22N2O3/c1-14-15(2)21(23-16(3)20(14)25)24-22(26)18-10-7-11-19(12-18)27-13-17-8-5-4-6-9-17/h4-12,25H,13H2,1-3H3,(H,23,24,26). The molecule has 0 fully saturated rings. The largest absolute Gasteiger partial charge is 0.506 e. The SMILES string of the molecule is Cc1nc(NC(=O)c2cccc(OCc3ccccc3)c2)c(C)c(C)c1O. The fourth-order valence-electron chi connectivity index (χ4n) is 2.70. The maximum Gasteiger partial charge on any atom is 0.256 e. The fraction of sp³-hybridized carbons (Fsp3) is 0.182. The van der Waals surface area contributed by atoms with Crippen molar-refractivity contribution in [1.82, 2.24) is 4.98 Å². The molecule has 5 nitrogen and oxygen atoms in total. The van der Waals surface area contributed by atoms with Gasteiger partial charge in [0.2, 0.25) is 0 Å². The summed E-state index contributed by atoms with van der Waals surface area (Å²) in [5.74, 6) is 0.944. The van der Waals surface area contributed by atoms with Crippen LogP contribution in [-0.4, -0.2) is 16.0 Å². The second-order valence-electron chi connectivity index (χ2n) is 6.40. The molecule has 0 saturated carbocycles. The first-order valence-electron chi connectivity index (χ1n) is 8.70. The van der Waals surface area contributed by atoms with Crippen molar-refractivity contribution in [2.75, 3.05) is 5.32 Å². The molecule has 1 heterocycles. The fourth-order valence-corrected chi connectivity index (χ4v) is 2.70. The molecule has 0 bridgehead atoms. The van der Waals surface area contributed by atoms with Crippen molar-refractivity contribution < 1.29 is 14.6 Å². The van der Waals surface area contributed by atoms with E-state index in [4.69, 9.17) is 4.74 Å². The van der Waals surface area contributed by atoms with Crippen LogP contribution < -0.4 is 10.1 Å². The molecule has 138 valence electrons. The number of amides is 1. The molecule has 3 aromatic rings. The molecule has 0 aliphatic carbocycles. The van der Waals surface area contributed by atoms with Gasteiger partial charge in [-0.1, -0.05) is 36.4 Å². The van der Waals surface area contributed by atoms with Gasteiger partial charge < -0.3 is 15.2 Å². The van der Waals surface area contributed by atoms with Crippen LogP contribution in [0.25, 0.3) is 0 Å². The van der Waals surface area contributed by atoms with Gasteiger partial charge in [-0.15, -0.1) is 0 Å². The van der Waals surface area contributed by atoms with Gasteiger partial charge in [-0.3, -0.25) is 4.79 Å². The Morgan fingerprint density at radius 1 is 1.04 bits per heavy atom. The van der Waals surface area contributed by atoms with E-state index in [-0.39, 0.29) is 11.7 Å². The lowest BCUT2D eigenvalue weighted by atomic mass is 10.1. The monoisotopic (exact) mass is 362 g/mol. The van der Waals surface area contributed by atoms with Crippen LogP contribution in [-0.2, 0) is 6.61 Å². The summed E-state index contributed by atoms with van der Waals surface area (Å²) in [7, 11) is 0.